The van der Waals surface area contributed by atoms with Crippen LogP contribution in [0, 0.1) is 5.41 Å². The summed E-state index contributed by atoms with van der Waals surface area (Å²) < 4.78 is 5.50. The molecule has 156 valence electrons. The average molecular weight is 391 g/mol. The first-order valence-electron chi connectivity index (χ1n) is 10.6. The molecule has 2 aliphatic rings. The summed E-state index contributed by atoms with van der Waals surface area (Å²) in [5.74, 6) is -0.203. The molecule has 3 N–H and O–H groups in total. The van der Waals surface area contributed by atoms with Gasteiger partial charge in [0.05, 0.1) is 11.5 Å². The van der Waals surface area contributed by atoms with Crippen LogP contribution in [-0.4, -0.2) is 66.1 Å². The Bertz CT molecular complexity index is 602. The molecular weight excluding hydrogens is 356 g/mol. The molecule has 1 aromatic carbocycles. The van der Waals surface area contributed by atoms with Crippen molar-refractivity contribution < 1.29 is 19.7 Å². The molecule has 0 saturated carbocycles. The maximum atomic E-state index is 13.0. The van der Waals surface area contributed by atoms with Gasteiger partial charge in [0.2, 0.25) is 0 Å². The van der Waals surface area contributed by atoms with E-state index in [-0.39, 0.29) is 12.6 Å². The Labute approximate surface area is 167 Å². The number of aliphatic hydroxyl groups is 2. The second-order valence-electron chi connectivity index (χ2n) is 8.27. The largest absolute Gasteiger partial charge is 0.462 e. The van der Waals surface area contributed by atoms with Gasteiger partial charge in [-0.15, -0.1) is 0 Å². The Morgan fingerprint density at radius 2 is 1.79 bits per heavy atom. The quantitative estimate of drug-likeness (QED) is 0.667. The van der Waals surface area contributed by atoms with Gasteiger partial charge in [-0.2, -0.15) is 0 Å². The summed E-state index contributed by atoms with van der Waals surface area (Å²) in [6.45, 7) is 4.04. The van der Waals surface area contributed by atoms with Crippen LogP contribution < -0.4 is 5.32 Å². The number of piperidine rings is 1. The first-order chi connectivity index (χ1) is 13.6. The Kier molecular flexibility index (Phi) is 7.85. The SMILES string of the molecule is O=C1OC[C@@H](O)[C@@H](O)CCNCCCCC12CCN(Cc1ccccc1)CC2. The Hall–Kier alpha value is -1.47. The van der Waals surface area contributed by atoms with E-state index < -0.39 is 17.6 Å². The fourth-order valence-electron chi connectivity index (χ4n) is 4.24. The molecule has 28 heavy (non-hydrogen) atoms. The highest BCUT2D eigenvalue weighted by Gasteiger charge is 2.42. The molecule has 0 aliphatic carbocycles. The van der Waals surface area contributed by atoms with Gasteiger partial charge in [0.1, 0.15) is 12.7 Å². The highest BCUT2D eigenvalue weighted by atomic mass is 16.5. The van der Waals surface area contributed by atoms with Gasteiger partial charge in [-0.05, 0) is 63.8 Å². The molecule has 0 bridgehead atoms. The number of rotatable bonds is 2. The van der Waals surface area contributed by atoms with Crippen molar-refractivity contribution in [2.24, 2.45) is 5.41 Å². The number of cyclic esters (lactones) is 1. The van der Waals surface area contributed by atoms with Crippen molar-refractivity contribution in [2.45, 2.75) is 57.3 Å². The summed E-state index contributed by atoms with van der Waals surface area (Å²) in [6, 6.07) is 10.4. The zero-order valence-electron chi connectivity index (χ0n) is 16.7. The number of aliphatic hydroxyl groups excluding tert-OH is 2. The summed E-state index contributed by atoms with van der Waals surface area (Å²) in [5.41, 5.74) is 0.825. The number of hydrogen-bond acceptors (Lipinski definition) is 6. The van der Waals surface area contributed by atoms with E-state index in [1.165, 1.54) is 5.56 Å². The number of hydrogen-bond donors (Lipinski definition) is 3. The van der Waals surface area contributed by atoms with Crippen molar-refractivity contribution in [2.75, 3.05) is 32.8 Å². The first kappa shape index (κ1) is 21.2. The van der Waals surface area contributed by atoms with E-state index in [9.17, 15) is 15.0 Å². The molecule has 2 heterocycles. The van der Waals surface area contributed by atoms with Gasteiger partial charge in [-0.1, -0.05) is 36.8 Å². The molecule has 2 atom stereocenters. The molecule has 1 spiro atoms. The molecule has 0 radical (unpaired) electrons. The summed E-state index contributed by atoms with van der Waals surface area (Å²) in [5, 5.41) is 23.4. The fraction of sp³-hybridized carbons (Fsp3) is 0.682. The highest BCUT2D eigenvalue weighted by molar-refractivity contribution is 5.77. The van der Waals surface area contributed by atoms with Crippen LogP contribution in [0.15, 0.2) is 30.3 Å². The molecular formula is C22H34N2O4. The van der Waals surface area contributed by atoms with Gasteiger partial charge in [-0.25, -0.2) is 0 Å². The van der Waals surface area contributed by atoms with Gasteiger partial charge in [0.25, 0.3) is 0 Å². The number of carbonyl (C=O) groups excluding carboxylic acids is 1. The Morgan fingerprint density at radius 3 is 2.54 bits per heavy atom. The molecule has 0 unspecified atom stereocenters. The Balaban J connectivity index is 1.61. The van der Waals surface area contributed by atoms with E-state index >= 15 is 0 Å². The molecule has 6 nitrogen and oxygen atoms in total. The summed E-state index contributed by atoms with van der Waals surface area (Å²) in [7, 11) is 0. The number of esters is 1. The number of nitrogens with one attached hydrogen (secondary N) is 1. The fourth-order valence-corrected chi connectivity index (χ4v) is 4.24. The second kappa shape index (κ2) is 10.3. The molecule has 2 saturated heterocycles. The van der Waals surface area contributed by atoms with Crippen molar-refractivity contribution in [3.05, 3.63) is 35.9 Å². The van der Waals surface area contributed by atoms with E-state index in [1.807, 2.05) is 6.07 Å². The first-order valence-corrected chi connectivity index (χ1v) is 10.6. The summed E-state index contributed by atoms with van der Waals surface area (Å²) in [4.78, 5) is 15.4. The van der Waals surface area contributed by atoms with Crippen LogP contribution >= 0.6 is 0 Å². The molecule has 3 rings (SSSR count). The van der Waals surface area contributed by atoms with Crippen LogP contribution in [0.5, 0.6) is 0 Å². The summed E-state index contributed by atoms with van der Waals surface area (Å²) in [6.07, 6.45) is 2.93. The number of likely N-dealkylation sites (tertiary alicyclic amines) is 1. The third-order valence-corrected chi connectivity index (χ3v) is 6.20. The van der Waals surface area contributed by atoms with Crippen molar-refractivity contribution >= 4 is 5.97 Å². The standard InChI is InChI=1S/C22H34N2O4/c25-19-8-13-23-12-5-4-9-22(21(27)28-17-20(19)26)10-14-24(15-11-22)16-18-6-2-1-3-7-18/h1-3,6-7,19-20,23,25-26H,4-5,8-17H2/t19-,20+/m0/s1. The van der Waals surface area contributed by atoms with Crippen molar-refractivity contribution in [3.8, 4) is 0 Å². The van der Waals surface area contributed by atoms with Crippen molar-refractivity contribution in [1.29, 1.82) is 0 Å². The maximum Gasteiger partial charge on any atom is 0.312 e. The third kappa shape index (κ3) is 5.77. The van der Waals surface area contributed by atoms with Crippen molar-refractivity contribution in [1.82, 2.24) is 10.2 Å². The van der Waals surface area contributed by atoms with Gasteiger partial charge in [-0.3, -0.25) is 9.69 Å². The average Bonchev–Trinajstić information content (AvgIpc) is 2.73. The molecule has 6 heteroatoms. The lowest BCUT2D eigenvalue weighted by Crippen LogP contribution is -2.45. The van der Waals surface area contributed by atoms with Crippen molar-refractivity contribution in [3.63, 3.8) is 0 Å². The monoisotopic (exact) mass is 390 g/mol. The predicted molar refractivity (Wildman–Crippen MR) is 108 cm³/mol. The minimum Gasteiger partial charge on any atom is -0.462 e. The minimum absolute atomic E-state index is 0.129. The molecule has 0 aromatic heterocycles. The number of ether oxygens (including phenoxy) is 1. The van der Waals surface area contributed by atoms with E-state index in [4.69, 9.17) is 4.74 Å². The minimum atomic E-state index is -1.03. The molecule has 1 aromatic rings. The maximum absolute atomic E-state index is 13.0. The molecule has 2 fully saturated rings. The van der Waals surface area contributed by atoms with Crippen LogP contribution in [0.4, 0.5) is 0 Å². The lowest BCUT2D eigenvalue weighted by Gasteiger charge is -2.40. The normalized spacial score (nSPS) is 28.0. The lowest BCUT2D eigenvalue weighted by molar-refractivity contribution is -0.165. The van der Waals surface area contributed by atoms with Gasteiger partial charge in [0.15, 0.2) is 0 Å². The van der Waals surface area contributed by atoms with E-state index in [0.717, 1.165) is 58.3 Å². The predicted octanol–water partition coefficient (Wildman–Crippen LogP) is 1.70. The van der Waals surface area contributed by atoms with Crippen LogP contribution in [-0.2, 0) is 16.1 Å². The number of nitrogens with zero attached hydrogens (tertiary/aromatic N) is 1. The second-order valence-corrected chi connectivity index (χ2v) is 8.27. The van der Waals surface area contributed by atoms with E-state index in [0.29, 0.717) is 13.0 Å². The van der Waals surface area contributed by atoms with Crippen LogP contribution in [0.2, 0.25) is 0 Å². The topological polar surface area (TPSA) is 82.0 Å². The van der Waals surface area contributed by atoms with Gasteiger partial charge in [0, 0.05) is 6.54 Å². The zero-order valence-corrected chi connectivity index (χ0v) is 16.7. The van der Waals surface area contributed by atoms with Crippen LogP contribution in [0.3, 0.4) is 0 Å². The van der Waals surface area contributed by atoms with Gasteiger partial charge < -0.3 is 20.3 Å². The number of carbonyl (C=O) groups is 1. The molecule has 0 amide bonds. The van der Waals surface area contributed by atoms with E-state index in [1.54, 1.807) is 0 Å². The third-order valence-electron chi connectivity index (χ3n) is 6.20. The zero-order chi connectivity index (χ0) is 19.8. The molecule has 2 aliphatic heterocycles. The highest BCUT2D eigenvalue weighted by Crippen LogP contribution is 2.38. The lowest BCUT2D eigenvalue weighted by atomic mass is 9.74. The number of benzene rings is 1. The summed E-state index contributed by atoms with van der Waals surface area (Å²) >= 11 is 0. The van der Waals surface area contributed by atoms with Gasteiger partial charge >= 0.3 is 5.97 Å². The van der Waals surface area contributed by atoms with Crippen LogP contribution in [0.25, 0.3) is 0 Å². The smallest absolute Gasteiger partial charge is 0.312 e. The van der Waals surface area contributed by atoms with Crippen LogP contribution in [0.1, 0.15) is 44.1 Å². The Morgan fingerprint density at radius 1 is 1.04 bits per heavy atom. The van der Waals surface area contributed by atoms with E-state index in [2.05, 4.69) is 34.5 Å².